The van der Waals surface area contributed by atoms with E-state index in [1.165, 1.54) is 16.7 Å². The number of thiazole rings is 1. The lowest BCUT2D eigenvalue weighted by molar-refractivity contribution is -0.255. The lowest BCUT2D eigenvalue weighted by atomic mass is 10.2. The van der Waals surface area contributed by atoms with Gasteiger partial charge in [-0.05, 0) is 12.1 Å². The number of carbonyl (C=O) groups is 1. The van der Waals surface area contributed by atoms with Gasteiger partial charge in [-0.2, -0.15) is 0 Å². The second-order valence-electron chi connectivity index (χ2n) is 2.83. The van der Waals surface area contributed by atoms with E-state index in [9.17, 15) is 9.90 Å². The molecule has 0 radical (unpaired) electrons. The summed E-state index contributed by atoms with van der Waals surface area (Å²) < 4.78 is 0.975. The Morgan fingerprint density at radius 1 is 1.33 bits per heavy atom. The highest BCUT2D eigenvalue weighted by atomic mass is 79.9. The van der Waals surface area contributed by atoms with Crippen molar-refractivity contribution in [1.82, 2.24) is 4.98 Å². The lowest BCUT2D eigenvalue weighted by Crippen LogP contribution is -2.22. The Balaban J connectivity index is 2.37. The quantitative estimate of drug-likeness (QED) is 0.846. The summed E-state index contributed by atoms with van der Waals surface area (Å²) >= 11 is 4.61. The minimum Gasteiger partial charge on any atom is -0.543 e. The van der Waals surface area contributed by atoms with Gasteiger partial charge < -0.3 is 9.90 Å². The van der Waals surface area contributed by atoms with Crippen LogP contribution in [0.3, 0.4) is 0 Å². The van der Waals surface area contributed by atoms with E-state index in [1.807, 2.05) is 24.3 Å². The lowest BCUT2D eigenvalue weighted by Gasteiger charge is -1.96. The Kier molecular flexibility index (Phi) is 2.83. The van der Waals surface area contributed by atoms with Crippen LogP contribution in [0.1, 0.15) is 10.5 Å². The molecule has 2 aromatic rings. The molecule has 1 aromatic heterocycles. The van der Waals surface area contributed by atoms with E-state index in [2.05, 4.69) is 20.9 Å². The average molecular weight is 283 g/mol. The number of aromatic carboxylic acids is 1. The van der Waals surface area contributed by atoms with E-state index in [-0.39, 0.29) is 5.69 Å². The van der Waals surface area contributed by atoms with E-state index in [0.717, 1.165) is 10.0 Å². The highest BCUT2D eigenvalue weighted by Crippen LogP contribution is 2.24. The Morgan fingerprint density at radius 2 is 2.00 bits per heavy atom. The number of rotatable bonds is 2. The molecule has 0 atom stereocenters. The smallest absolute Gasteiger partial charge is 0.124 e. The summed E-state index contributed by atoms with van der Waals surface area (Å²) in [7, 11) is 0. The monoisotopic (exact) mass is 282 g/mol. The van der Waals surface area contributed by atoms with Crippen LogP contribution in [0.2, 0.25) is 0 Å². The molecule has 76 valence electrons. The van der Waals surface area contributed by atoms with Crippen molar-refractivity contribution in [3.63, 3.8) is 0 Å². The molecule has 0 aliphatic rings. The van der Waals surface area contributed by atoms with Gasteiger partial charge in [-0.25, -0.2) is 4.98 Å². The zero-order valence-electron chi connectivity index (χ0n) is 7.44. The van der Waals surface area contributed by atoms with Crippen molar-refractivity contribution < 1.29 is 9.90 Å². The van der Waals surface area contributed by atoms with Crippen molar-refractivity contribution in [3.8, 4) is 10.6 Å². The normalized spacial score (nSPS) is 10.2. The van der Waals surface area contributed by atoms with Crippen LogP contribution in [-0.4, -0.2) is 11.0 Å². The topological polar surface area (TPSA) is 53.0 Å². The van der Waals surface area contributed by atoms with E-state index in [0.29, 0.717) is 5.01 Å². The molecule has 0 bridgehead atoms. The third kappa shape index (κ3) is 2.24. The van der Waals surface area contributed by atoms with Gasteiger partial charge in [0.25, 0.3) is 0 Å². The molecule has 0 unspecified atom stereocenters. The first-order chi connectivity index (χ1) is 7.16. The second-order valence-corrected chi connectivity index (χ2v) is 4.61. The van der Waals surface area contributed by atoms with Crippen LogP contribution in [0, 0.1) is 0 Å². The van der Waals surface area contributed by atoms with Gasteiger partial charge >= 0.3 is 0 Å². The van der Waals surface area contributed by atoms with Gasteiger partial charge in [-0.1, -0.05) is 28.1 Å². The largest absolute Gasteiger partial charge is 0.543 e. The highest BCUT2D eigenvalue weighted by molar-refractivity contribution is 9.10. The van der Waals surface area contributed by atoms with Crippen molar-refractivity contribution in [2.45, 2.75) is 0 Å². The summed E-state index contributed by atoms with van der Waals surface area (Å²) in [5.74, 6) is -1.24. The Morgan fingerprint density at radius 3 is 2.53 bits per heavy atom. The van der Waals surface area contributed by atoms with Crippen LogP contribution in [0.25, 0.3) is 10.6 Å². The van der Waals surface area contributed by atoms with Crippen LogP contribution in [0.15, 0.2) is 34.1 Å². The fraction of sp³-hybridized carbons (Fsp3) is 0. The number of halogens is 1. The van der Waals surface area contributed by atoms with Crippen molar-refractivity contribution >= 4 is 33.2 Å². The van der Waals surface area contributed by atoms with Crippen LogP contribution in [0.5, 0.6) is 0 Å². The number of aromatic nitrogens is 1. The number of carboxylic acids is 1. The number of hydrogen-bond acceptors (Lipinski definition) is 4. The summed E-state index contributed by atoms with van der Waals surface area (Å²) in [6.07, 6.45) is 0. The molecule has 0 spiro atoms. The molecule has 1 heterocycles. The molecule has 1 aromatic carbocycles. The first kappa shape index (κ1) is 10.3. The van der Waals surface area contributed by atoms with Crippen molar-refractivity contribution in [3.05, 3.63) is 39.8 Å². The Labute approximate surface area is 98.5 Å². The fourth-order valence-electron chi connectivity index (χ4n) is 1.09. The third-order valence-electron chi connectivity index (χ3n) is 1.80. The SMILES string of the molecule is O=C([O-])c1csc(-c2ccc(Br)cc2)n1. The van der Waals surface area contributed by atoms with Crippen LogP contribution in [-0.2, 0) is 0 Å². The van der Waals surface area contributed by atoms with Crippen LogP contribution >= 0.6 is 27.3 Å². The first-order valence-electron chi connectivity index (χ1n) is 4.09. The van der Waals surface area contributed by atoms with Gasteiger partial charge in [0.05, 0.1) is 11.7 Å². The summed E-state index contributed by atoms with van der Waals surface area (Å²) in [5.41, 5.74) is 0.883. The van der Waals surface area contributed by atoms with Gasteiger partial charge in [0.1, 0.15) is 5.01 Å². The number of carboxylic acid groups (broad SMARTS) is 1. The van der Waals surface area contributed by atoms with Crippen molar-refractivity contribution in [1.29, 1.82) is 0 Å². The van der Waals surface area contributed by atoms with E-state index in [1.54, 1.807) is 0 Å². The molecule has 0 saturated carbocycles. The van der Waals surface area contributed by atoms with Crippen LogP contribution in [0.4, 0.5) is 0 Å². The standard InChI is InChI=1S/C10H6BrNO2S/c11-7-3-1-6(2-4-7)9-12-8(5-15-9)10(13)14/h1-5H,(H,13,14)/p-1. The molecule has 0 N–H and O–H groups in total. The Hall–Kier alpha value is -1.20. The van der Waals surface area contributed by atoms with Crippen molar-refractivity contribution in [2.75, 3.05) is 0 Å². The zero-order chi connectivity index (χ0) is 10.8. The maximum atomic E-state index is 10.5. The molecule has 2 rings (SSSR count). The first-order valence-corrected chi connectivity index (χ1v) is 5.77. The number of carbonyl (C=O) groups excluding carboxylic acids is 1. The van der Waals surface area contributed by atoms with Crippen LogP contribution < -0.4 is 5.11 Å². The van der Waals surface area contributed by atoms with E-state index >= 15 is 0 Å². The molecule has 0 aliphatic heterocycles. The molecular formula is C10H5BrNO2S-. The fourth-order valence-corrected chi connectivity index (χ4v) is 2.15. The summed E-state index contributed by atoms with van der Waals surface area (Å²) in [6.45, 7) is 0. The molecule has 0 fully saturated rings. The predicted octanol–water partition coefficient (Wildman–Crippen LogP) is 1.94. The minimum atomic E-state index is -1.24. The van der Waals surface area contributed by atoms with Gasteiger partial charge in [-0.3, -0.25) is 0 Å². The zero-order valence-corrected chi connectivity index (χ0v) is 9.84. The summed E-state index contributed by atoms with van der Waals surface area (Å²) in [5, 5.41) is 12.7. The number of nitrogens with zero attached hydrogens (tertiary/aromatic N) is 1. The summed E-state index contributed by atoms with van der Waals surface area (Å²) in [6, 6.07) is 7.52. The minimum absolute atomic E-state index is 0.0158. The third-order valence-corrected chi connectivity index (χ3v) is 3.22. The molecule has 0 aliphatic carbocycles. The predicted molar refractivity (Wildman–Crippen MR) is 59.6 cm³/mol. The van der Waals surface area contributed by atoms with E-state index < -0.39 is 5.97 Å². The van der Waals surface area contributed by atoms with Gasteiger partial charge in [0.15, 0.2) is 0 Å². The maximum absolute atomic E-state index is 10.5. The second kappa shape index (κ2) is 4.12. The number of hydrogen-bond donors (Lipinski definition) is 0. The molecular weight excluding hydrogens is 278 g/mol. The van der Waals surface area contributed by atoms with E-state index in [4.69, 9.17) is 0 Å². The molecule has 5 heteroatoms. The van der Waals surface area contributed by atoms with Gasteiger partial charge in [0, 0.05) is 15.4 Å². The molecule has 15 heavy (non-hydrogen) atoms. The summed E-state index contributed by atoms with van der Waals surface area (Å²) in [4.78, 5) is 14.5. The maximum Gasteiger partial charge on any atom is 0.124 e. The molecule has 0 amide bonds. The average Bonchev–Trinajstić information content (AvgIpc) is 2.68. The van der Waals surface area contributed by atoms with Gasteiger partial charge in [0.2, 0.25) is 0 Å². The number of benzene rings is 1. The highest BCUT2D eigenvalue weighted by Gasteiger charge is 2.04. The Bertz CT molecular complexity index is 492. The molecule has 0 saturated heterocycles. The molecule has 3 nitrogen and oxygen atoms in total. The van der Waals surface area contributed by atoms with Gasteiger partial charge in [-0.15, -0.1) is 11.3 Å². The van der Waals surface area contributed by atoms with Crippen molar-refractivity contribution in [2.24, 2.45) is 0 Å².